The van der Waals surface area contributed by atoms with Crippen molar-refractivity contribution in [3.63, 3.8) is 0 Å². The first-order valence-corrected chi connectivity index (χ1v) is 12.1. The topological polar surface area (TPSA) is 112 Å². The average molecular weight is 483 g/mol. The van der Waals surface area contributed by atoms with Crippen molar-refractivity contribution in [3.8, 4) is 11.6 Å². The van der Waals surface area contributed by atoms with E-state index in [1.165, 1.54) is 11.8 Å². The van der Waals surface area contributed by atoms with Crippen molar-refractivity contribution in [2.75, 3.05) is 23.8 Å². The fourth-order valence-corrected chi connectivity index (χ4v) is 5.96. The van der Waals surface area contributed by atoms with Crippen LogP contribution in [-0.2, 0) is 0 Å². The standard InChI is InChI=1S/C23H23ClN6O2S/c24-18-16(6-9-27-20(18)26)33-17-11-28-21-22(29-17)31-12-13-5-7-23(8-10-30(13)21)19(25)14-3-1-2-4-15(14)32-23/h1-4,6,9,11,13,19H,5,7-8,10,12,25H2,(H2,26,27)/t13-,19-,23+/m1/s1. The molecule has 4 N–H and O–H groups in total. The highest BCUT2D eigenvalue weighted by atomic mass is 35.5. The van der Waals surface area contributed by atoms with E-state index in [9.17, 15) is 0 Å². The molecule has 170 valence electrons. The van der Waals surface area contributed by atoms with E-state index in [2.05, 4.69) is 16.0 Å². The first kappa shape index (κ1) is 20.8. The van der Waals surface area contributed by atoms with Crippen molar-refractivity contribution in [3.05, 3.63) is 53.3 Å². The third kappa shape index (κ3) is 3.46. The van der Waals surface area contributed by atoms with Crippen LogP contribution in [0.2, 0.25) is 5.02 Å². The Morgan fingerprint density at radius 2 is 2.06 bits per heavy atom. The van der Waals surface area contributed by atoms with E-state index in [0.29, 0.717) is 28.4 Å². The molecule has 1 fully saturated rings. The van der Waals surface area contributed by atoms with Crippen molar-refractivity contribution in [1.29, 1.82) is 0 Å². The van der Waals surface area contributed by atoms with Crippen molar-refractivity contribution < 1.29 is 9.47 Å². The number of nitrogens with two attached hydrogens (primary N) is 2. The summed E-state index contributed by atoms with van der Waals surface area (Å²) in [4.78, 5) is 16.5. The Balaban J connectivity index is 1.24. The number of nitrogen functional groups attached to an aromatic ring is 1. The molecule has 3 aliphatic rings. The molecule has 0 radical (unpaired) electrons. The van der Waals surface area contributed by atoms with Crippen LogP contribution in [0.5, 0.6) is 11.6 Å². The van der Waals surface area contributed by atoms with E-state index in [4.69, 9.17) is 42.5 Å². The lowest BCUT2D eigenvalue weighted by Crippen LogP contribution is -2.44. The molecular weight excluding hydrogens is 460 g/mol. The van der Waals surface area contributed by atoms with E-state index in [0.717, 1.165) is 47.8 Å². The second-order valence-corrected chi connectivity index (χ2v) is 10.0. The molecule has 5 heterocycles. The summed E-state index contributed by atoms with van der Waals surface area (Å²) >= 11 is 7.66. The number of hydrogen-bond donors (Lipinski definition) is 2. The highest BCUT2D eigenvalue weighted by molar-refractivity contribution is 7.99. The number of nitrogens with zero attached hydrogens (tertiary/aromatic N) is 4. The van der Waals surface area contributed by atoms with Crippen LogP contribution in [0.3, 0.4) is 0 Å². The first-order chi connectivity index (χ1) is 16.0. The van der Waals surface area contributed by atoms with Gasteiger partial charge in [0.05, 0.1) is 23.3 Å². The molecule has 8 nitrogen and oxygen atoms in total. The normalized spacial score (nSPS) is 25.5. The molecule has 0 saturated carbocycles. The van der Waals surface area contributed by atoms with Gasteiger partial charge in [-0.15, -0.1) is 0 Å². The van der Waals surface area contributed by atoms with Gasteiger partial charge in [-0.25, -0.2) is 15.0 Å². The van der Waals surface area contributed by atoms with E-state index in [1.807, 2.05) is 18.2 Å². The molecule has 3 atom stereocenters. The lowest BCUT2D eigenvalue weighted by molar-refractivity contribution is 0.0553. The molecular formula is C23H23ClN6O2S. The van der Waals surface area contributed by atoms with Crippen molar-refractivity contribution in [1.82, 2.24) is 15.0 Å². The van der Waals surface area contributed by atoms with Gasteiger partial charge in [0.1, 0.15) is 28.8 Å². The molecule has 3 aliphatic heterocycles. The van der Waals surface area contributed by atoms with Gasteiger partial charge < -0.3 is 25.8 Å². The summed E-state index contributed by atoms with van der Waals surface area (Å²) in [5.74, 6) is 2.49. The minimum Gasteiger partial charge on any atom is -0.485 e. The number of halogens is 1. The van der Waals surface area contributed by atoms with Gasteiger partial charge in [-0.2, -0.15) is 0 Å². The Hall–Kier alpha value is -2.75. The molecule has 10 heteroatoms. The summed E-state index contributed by atoms with van der Waals surface area (Å²) in [7, 11) is 0. The second kappa shape index (κ2) is 7.93. The van der Waals surface area contributed by atoms with Gasteiger partial charge in [0.25, 0.3) is 5.88 Å². The highest BCUT2D eigenvalue weighted by Gasteiger charge is 2.49. The molecule has 0 aliphatic carbocycles. The zero-order valence-electron chi connectivity index (χ0n) is 17.8. The van der Waals surface area contributed by atoms with Crippen LogP contribution < -0.4 is 25.8 Å². The summed E-state index contributed by atoms with van der Waals surface area (Å²) in [6.45, 7) is 1.33. The minimum absolute atomic E-state index is 0.141. The van der Waals surface area contributed by atoms with Gasteiger partial charge in [-0.1, -0.05) is 41.6 Å². The van der Waals surface area contributed by atoms with Gasteiger partial charge >= 0.3 is 0 Å². The maximum atomic E-state index is 6.70. The minimum atomic E-state index is -0.400. The van der Waals surface area contributed by atoms with Gasteiger partial charge in [0.2, 0.25) is 0 Å². The van der Waals surface area contributed by atoms with E-state index in [1.54, 1.807) is 18.5 Å². The Bertz CT molecular complexity index is 1230. The van der Waals surface area contributed by atoms with E-state index in [-0.39, 0.29) is 12.1 Å². The number of fused-ring (bicyclic) bond motifs is 4. The molecule has 1 saturated heterocycles. The molecule has 3 aromatic rings. The maximum Gasteiger partial charge on any atom is 0.258 e. The van der Waals surface area contributed by atoms with Gasteiger partial charge in [0, 0.05) is 29.6 Å². The van der Waals surface area contributed by atoms with Gasteiger partial charge in [-0.05, 0) is 25.0 Å². The SMILES string of the molecule is Nc1nccc(Sc2cnc3c(n2)OC[C@H]2CC[C@@]4(CCN32)Oc2ccccc2[C@H]4N)c1Cl. The summed E-state index contributed by atoms with van der Waals surface area (Å²) in [5, 5.41) is 1.09. The number of anilines is 2. The number of benzene rings is 1. The molecule has 1 aromatic carbocycles. The average Bonchev–Trinajstić information content (AvgIpc) is 2.97. The maximum absolute atomic E-state index is 6.70. The van der Waals surface area contributed by atoms with Crippen LogP contribution in [0.4, 0.5) is 11.6 Å². The zero-order valence-corrected chi connectivity index (χ0v) is 19.4. The first-order valence-electron chi connectivity index (χ1n) is 10.9. The van der Waals surface area contributed by atoms with Crippen LogP contribution in [-0.4, -0.2) is 39.7 Å². The number of hydrogen-bond acceptors (Lipinski definition) is 9. The Labute approximate surface area is 200 Å². The summed E-state index contributed by atoms with van der Waals surface area (Å²) in [6, 6.07) is 9.96. The largest absolute Gasteiger partial charge is 0.485 e. The van der Waals surface area contributed by atoms with E-state index >= 15 is 0 Å². The molecule has 6 rings (SSSR count). The van der Waals surface area contributed by atoms with Crippen molar-refractivity contribution in [2.45, 2.75) is 46.9 Å². The Morgan fingerprint density at radius 3 is 2.94 bits per heavy atom. The lowest BCUT2D eigenvalue weighted by atomic mass is 9.85. The van der Waals surface area contributed by atoms with Gasteiger partial charge in [-0.3, -0.25) is 0 Å². The Kier molecular flexibility index (Phi) is 5.01. The highest BCUT2D eigenvalue weighted by Crippen LogP contribution is 2.49. The fourth-order valence-electron chi connectivity index (χ4n) is 4.95. The molecule has 2 aromatic heterocycles. The third-order valence-corrected chi connectivity index (χ3v) is 8.21. The Morgan fingerprint density at radius 1 is 1.18 bits per heavy atom. The molecule has 0 amide bonds. The van der Waals surface area contributed by atoms with Gasteiger partial charge in [0.15, 0.2) is 5.82 Å². The predicted octanol–water partition coefficient (Wildman–Crippen LogP) is 3.84. The molecule has 1 spiro atoms. The lowest BCUT2D eigenvalue weighted by Gasteiger charge is -2.35. The van der Waals surface area contributed by atoms with E-state index < -0.39 is 5.60 Å². The third-order valence-electron chi connectivity index (χ3n) is 6.73. The van der Waals surface area contributed by atoms with Crippen LogP contribution >= 0.6 is 23.4 Å². The summed E-state index contributed by atoms with van der Waals surface area (Å²) < 4.78 is 12.5. The van der Waals surface area contributed by atoms with Crippen LogP contribution in [0, 0.1) is 0 Å². The number of para-hydroxylation sites is 1. The summed E-state index contributed by atoms with van der Waals surface area (Å²) in [6.07, 6.45) is 5.95. The number of pyridine rings is 1. The smallest absolute Gasteiger partial charge is 0.258 e. The molecule has 0 unspecified atom stereocenters. The van der Waals surface area contributed by atoms with Crippen molar-refractivity contribution >= 4 is 35.0 Å². The van der Waals surface area contributed by atoms with Crippen LogP contribution in [0.25, 0.3) is 0 Å². The number of rotatable bonds is 2. The van der Waals surface area contributed by atoms with Crippen LogP contribution in [0.1, 0.15) is 30.9 Å². The number of ether oxygens (including phenoxy) is 2. The predicted molar refractivity (Wildman–Crippen MR) is 127 cm³/mol. The number of aromatic nitrogens is 3. The van der Waals surface area contributed by atoms with Crippen molar-refractivity contribution in [2.24, 2.45) is 5.73 Å². The monoisotopic (exact) mass is 482 g/mol. The summed E-state index contributed by atoms with van der Waals surface area (Å²) in [5.41, 5.74) is 13.2. The fraction of sp³-hybridized carbons (Fsp3) is 0.348. The molecule has 33 heavy (non-hydrogen) atoms. The zero-order chi connectivity index (χ0) is 22.6. The molecule has 0 bridgehead atoms. The van der Waals surface area contributed by atoms with Crippen LogP contribution in [0.15, 0.2) is 52.6 Å². The quantitative estimate of drug-likeness (QED) is 0.562. The second-order valence-electron chi connectivity index (χ2n) is 8.58.